The Kier molecular flexibility index (Phi) is 4.77. The van der Waals surface area contributed by atoms with Crippen molar-refractivity contribution in [3.63, 3.8) is 0 Å². The van der Waals surface area contributed by atoms with Gasteiger partial charge in [0.1, 0.15) is 4.90 Å². The van der Waals surface area contributed by atoms with Gasteiger partial charge in [-0.25, -0.2) is 22.3 Å². The largest absolute Gasteiger partial charge is 0.573 e. The number of nitrogens with zero attached hydrogens (tertiary/aromatic N) is 1. The summed E-state index contributed by atoms with van der Waals surface area (Å²) in [5.41, 5.74) is -1.99. The molecule has 0 aliphatic rings. The molecule has 0 aliphatic carbocycles. The minimum atomic E-state index is -5.33. The maximum atomic E-state index is 12.7. The molecule has 5 nitrogen and oxygen atoms in total. The van der Waals surface area contributed by atoms with E-state index in [1.165, 1.54) is 0 Å². The summed E-state index contributed by atoms with van der Waals surface area (Å²) < 4.78 is 88.0. The van der Waals surface area contributed by atoms with Gasteiger partial charge in [0.2, 0.25) is 10.0 Å². The van der Waals surface area contributed by atoms with Crippen LogP contribution in [0.4, 0.5) is 22.0 Å². The standard InChI is InChI=1S/C8H6ClF5N2O3S/c9-1-4-5(19-8(12,13)14)6(20(15,17)18)3(2-16-4)7(10)11/h2,7H,1H2,(H2,15,17,18). The normalized spacial score (nSPS) is 12.8. The number of primary sulfonamides is 1. The number of aromatic nitrogens is 1. The molecule has 0 amide bonds. The molecule has 0 saturated heterocycles. The van der Waals surface area contributed by atoms with Gasteiger partial charge in [-0.05, 0) is 0 Å². The third kappa shape index (κ3) is 3.90. The van der Waals surface area contributed by atoms with Crippen molar-refractivity contribution in [1.82, 2.24) is 4.98 Å². The van der Waals surface area contributed by atoms with E-state index in [-0.39, 0.29) is 0 Å². The van der Waals surface area contributed by atoms with Gasteiger partial charge in [-0.2, -0.15) is 0 Å². The van der Waals surface area contributed by atoms with Crippen LogP contribution in [0.25, 0.3) is 0 Å². The van der Waals surface area contributed by atoms with Crippen molar-refractivity contribution in [3.8, 4) is 5.75 Å². The molecule has 0 saturated carbocycles. The van der Waals surface area contributed by atoms with Crippen molar-refractivity contribution in [3.05, 3.63) is 17.5 Å². The second-order valence-corrected chi connectivity index (χ2v) is 5.11. The molecular formula is C8H6ClF5N2O3S. The number of sulfonamides is 1. The topological polar surface area (TPSA) is 82.3 Å². The molecule has 0 bridgehead atoms. The van der Waals surface area contributed by atoms with Crippen LogP contribution in [0, 0.1) is 0 Å². The van der Waals surface area contributed by atoms with E-state index in [4.69, 9.17) is 11.6 Å². The van der Waals surface area contributed by atoms with Crippen molar-refractivity contribution in [2.75, 3.05) is 0 Å². The van der Waals surface area contributed by atoms with Crippen LogP contribution in [-0.4, -0.2) is 19.8 Å². The number of pyridine rings is 1. The molecule has 0 aliphatic heterocycles. The Balaban J connectivity index is 3.70. The van der Waals surface area contributed by atoms with Crippen LogP contribution in [0.5, 0.6) is 5.75 Å². The summed E-state index contributed by atoms with van der Waals surface area (Å²) in [6.45, 7) is 0. The van der Waals surface area contributed by atoms with Crippen LogP contribution in [0.15, 0.2) is 11.1 Å². The first-order valence-corrected chi connectivity index (χ1v) is 6.70. The highest BCUT2D eigenvalue weighted by atomic mass is 35.5. The number of ether oxygens (including phenoxy) is 1. The second-order valence-electron chi connectivity index (χ2n) is 3.35. The Hall–Kier alpha value is -1.20. The third-order valence-corrected chi connectivity index (χ3v) is 3.20. The van der Waals surface area contributed by atoms with Crippen molar-refractivity contribution in [2.45, 2.75) is 23.6 Å². The SMILES string of the molecule is NS(=O)(=O)c1c(C(F)F)cnc(CCl)c1OC(F)(F)F. The van der Waals surface area contributed by atoms with E-state index in [2.05, 4.69) is 14.9 Å². The molecule has 1 heterocycles. The summed E-state index contributed by atoms with van der Waals surface area (Å²) in [4.78, 5) is 1.73. The number of nitrogens with two attached hydrogens (primary N) is 1. The smallest absolute Gasteiger partial charge is 0.402 e. The van der Waals surface area contributed by atoms with E-state index >= 15 is 0 Å². The van der Waals surface area contributed by atoms with Gasteiger partial charge in [-0.15, -0.1) is 24.8 Å². The van der Waals surface area contributed by atoms with Crippen molar-refractivity contribution >= 4 is 21.6 Å². The lowest BCUT2D eigenvalue weighted by molar-refractivity contribution is -0.276. The summed E-state index contributed by atoms with van der Waals surface area (Å²) in [5, 5.41) is 4.66. The third-order valence-electron chi connectivity index (χ3n) is 1.95. The van der Waals surface area contributed by atoms with Gasteiger partial charge in [0, 0.05) is 6.20 Å². The number of alkyl halides is 6. The van der Waals surface area contributed by atoms with Crippen molar-refractivity contribution < 1.29 is 35.1 Å². The molecule has 0 radical (unpaired) electrons. The van der Waals surface area contributed by atoms with E-state index in [9.17, 15) is 30.4 Å². The Morgan fingerprint density at radius 1 is 1.40 bits per heavy atom. The molecule has 1 aromatic rings. The van der Waals surface area contributed by atoms with Gasteiger partial charge >= 0.3 is 6.36 Å². The van der Waals surface area contributed by atoms with Crippen molar-refractivity contribution in [1.29, 1.82) is 0 Å². The zero-order valence-electron chi connectivity index (χ0n) is 9.29. The zero-order valence-corrected chi connectivity index (χ0v) is 10.9. The van der Waals surface area contributed by atoms with E-state index in [1.54, 1.807) is 0 Å². The molecule has 0 fully saturated rings. The number of hydrogen-bond acceptors (Lipinski definition) is 4. The minimum Gasteiger partial charge on any atom is -0.402 e. The van der Waals surface area contributed by atoms with Gasteiger partial charge < -0.3 is 4.74 Å². The summed E-state index contributed by atoms with van der Waals surface area (Å²) >= 11 is 5.28. The first kappa shape index (κ1) is 16.9. The highest BCUT2D eigenvalue weighted by Gasteiger charge is 2.37. The predicted molar refractivity (Wildman–Crippen MR) is 56.8 cm³/mol. The van der Waals surface area contributed by atoms with Crippen LogP contribution < -0.4 is 9.88 Å². The Morgan fingerprint density at radius 2 is 1.95 bits per heavy atom. The van der Waals surface area contributed by atoms with Crippen LogP contribution in [0.2, 0.25) is 0 Å². The Labute approximate surface area is 114 Å². The fourth-order valence-corrected chi connectivity index (χ4v) is 2.37. The van der Waals surface area contributed by atoms with Crippen LogP contribution in [-0.2, 0) is 15.9 Å². The summed E-state index contributed by atoms with van der Waals surface area (Å²) in [6.07, 6.45) is -8.37. The minimum absolute atomic E-state index is 0.380. The van der Waals surface area contributed by atoms with Crippen LogP contribution in [0.3, 0.4) is 0 Å². The van der Waals surface area contributed by atoms with E-state index < -0.39 is 50.6 Å². The Bertz CT molecular complexity index is 605. The fraction of sp³-hybridized carbons (Fsp3) is 0.375. The maximum Gasteiger partial charge on any atom is 0.573 e. The van der Waals surface area contributed by atoms with Crippen LogP contribution in [0.1, 0.15) is 17.7 Å². The molecule has 0 unspecified atom stereocenters. The second kappa shape index (κ2) is 5.66. The maximum absolute atomic E-state index is 12.7. The summed E-state index contributed by atoms with van der Waals surface area (Å²) in [6, 6.07) is 0. The fourth-order valence-electron chi connectivity index (χ4n) is 1.29. The van der Waals surface area contributed by atoms with Gasteiger partial charge in [0.05, 0.1) is 17.1 Å². The molecule has 12 heteroatoms. The molecule has 114 valence electrons. The average molecular weight is 341 g/mol. The highest BCUT2D eigenvalue weighted by Crippen LogP contribution is 2.37. The first-order chi connectivity index (χ1) is 8.97. The van der Waals surface area contributed by atoms with Gasteiger partial charge in [0.25, 0.3) is 6.43 Å². The lowest BCUT2D eigenvalue weighted by atomic mass is 10.2. The molecule has 1 aromatic heterocycles. The van der Waals surface area contributed by atoms with Gasteiger partial charge in [-0.1, -0.05) is 0 Å². The monoisotopic (exact) mass is 340 g/mol. The predicted octanol–water partition coefficient (Wildman–Crippen LogP) is 2.30. The quantitative estimate of drug-likeness (QED) is 0.673. The molecule has 1 rings (SSSR count). The number of hydrogen-bond donors (Lipinski definition) is 1. The molecule has 0 aromatic carbocycles. The van der Waals surface area contributed by atoms with Gasteiger partial charge in [-0.3, -0.25) is 4.98 Å². The zero-order chi connectivity index (χ0) is 15.7. The number of halogens is 6. The van der Waals surface area contributed by atoms with Gasteiger partial charge in [0.15, 0.2) is 5.75 Å². The lowest BCUT2D eigenvalue weighted by Gasteiger charge is -2.17. The molecule has 0 spiro atoms. The number of rotatable bonds is 4. The first-order valence-electron chi connectivity index (χ1n) is 4.61. The molecule has 20 heavy (non-hydrogen) atoms. The average Bonchev–Trinajstić information content (AvgIpc) is 2.24. The summed E-state index contributed by atoms with van der Waals surface area (Å²) in [5.74, 6) is -2.15. The van der Waals surface area contributed by atoms with Crippen LogP contribution >= 0.6 is 11.6 Å². The van der Waals surface area contributed by atoms with E-state index in [0.717, 1.165) is 0 Å². The van der Waals surface area contributed by atoms with Crippen molar-refractivity contribution in [2.24, 2.45) is 5.14 Å². The summed E-state index contributed by atoms with van der Waals surface area (Å²) in [7, 11) is -4.92. The highest BCUT2D eigenvalue weighted by molar-refractivity contribution is 7.89. The van der Waals surface area contributed by atoms with E-state index in [0.29, 0.717) is 6.20 Å². The Morgan fingerprint density at radius 3 is 2.30 bits per heavy atom. The van der Waals surface area contributed by atoms with E-state index in [1.807, 2.05) is 0 Å². The lowest BCUT2D eigenvalue weighted by Crippen LogP contribution is -2.24. The molecule has 2 N–H and O–H groups in total. The molecular weight excluding hydrogens is 335 g/mol. The molecule has 0 atom stereocenters.